The topological polar surface area (TPSA) is 15.3 Å². The molecule has 1 heterocycles. The Morgan fingerprint density at radius 1 is 1.50 bits per heavy atom. The maximum Gasteiger partial charge on any atom is 0.123 e. The van der Waals surface area contributed by atoms with Gasteiger partial charge in [-0.1, -0.05) is 6.07 Å². The molecule has 0 aliphatic carbocycles. The summed E-state index contributed by atoms with van der Waals surface area (Å²) in [4.78, 5) is 2.35. The molecule has 1 aromatic rings. The van der Waals surface area contributed by atoms with Crippen molar-refractivity contribution in [1.82, 2.24) is 10.2 Å². The summed E-state index contributed by atoms with van der Waals surface area (Å²) in [7, 11) is 2.14. The second-order valence-corrected chi connectivity index (χ2v) is 4.63. The van der Waals surface area contributed by atoms with E-state index in [9.17, 15) is 4.39 Å². The number of halogens is 1. The Balaban J connectivity index is 2.02. The molecule has 1 aliphatic heterocycles. The third-order valence-corrected chi connectivity index (χ3v) is 3.38. The van der Waals surface area contributed by atoms with Crippen LogP contribution in [0.3, 0.4) is 0 Å². The average molecular weight is 222 g/mol. The molecule has 0 spiro atoms. The molecule has 0 radical (unpaired) electrons. The molecule has 0 aromatic heterocycles. The third kappa shape index (κ3) is 2.60. The van der Waals surface area contributed by atoms with E-state index in [4.69, 9.17) is 0 Å². The Labute approximate surface area is 96.5 Å². The van der Waals surface area contributed by atoms with Crippen LogP contribution in [0, 0.1) is 12.7 Å². The van der Waals surface area contributed by atoms with E-state index in [2.05, 4.69) is 17.3 Å². The van der Waals surface area contributed by atoms with E-state index in [1.54, 1.807) is 12.1 Å². The lowest BCUT2D eigenvalue weighted by Crippen LogP contribution is -2.33. The van der Waals surface area contributed by atoms with Gasteiger partial charge < -0.3 is 5.32 Å². The normalized spacial score (nSPS) is 20.6. The number of hydrogen-bond acceptors (Lipinski definition) is 2. The van der Waals surface area contributed by atoms with Gasteiger partial charge in [-0.25, -0.2) is 4.39 Å². The van der Waals surface area contributed by atoms with Crippen LogP contribution in [-0.4, -0.2) is 31.1 Å². The summed E-state index contributed by atoms with van der Waals surface area (Å²) in [6.07, 6.45) is 1.21. The molecule has 16 heavy (non-hydrogen) atoms. The highest BCUT2D eigenvalue weighted by Gasteiger charge is 2.19. The van der Waals surface area contributed by atoms with Crippen molar-refractivity contribution in [3.8, 4) is 0 Å². The minimum Gasteiger partial charge on any atom is -0.315 e. The van der Waals surface area contributed by atoms with E-state index in [1.807, 2.05) is 13.0 Å². The number of rotatable bonds is 3. The van der Waals surface area contributed by atoms with Crippen LogP contribution in [-0.2, 0) is 6.54 Å². The highest BCUT2D eigenvalue weighted by atomic mass is 19.1. The van der Waals surface area contributed by atoms with E-state index >= 15 is 0 Å². The van der Waals surface area contributed by atoms with Crippen molar-refractivity contribution in [3.63, 3.8) is 0 Å². The molecule has 2 nitrogen and oxygen atoms in total. The molecule has 88 valence electrons. The van der Waals surface area contributed by atoms with Crippen LogP contribution in [0.4, 0.5) is 4.39 Å². The Morgan fingerprint density at radius 2 is 2.31 bits per heavy atom. The highest BCUT2D eigenvalue weighted by molar-refractivity contribution is 5.26. The third-order valence-electron chi connectivity index (χ3n) is 3.38. The molecule has 2 rings (SSSR count). The summed E-state index contributed by atoms with van der Waals surface area (Å²) in [5, 5.41) is 3.36. The highest BCUT2D eigenvalue weighted by Crippen LogP contribution is 2.15. The number of likely N-dealkylation sites (N-methyl/N-ethyl adjacent to an activating group) is 1. The van der Waals surface area contributed by atoms with E-state index in [-0.39, 0.29) is 5.82 Å². The van der Waals surface area contributed by atoms with Gasteiger partial charge in [0.25, 0.3) is 0 Å². The largest absolute Gasteiger partial charge is 0.315 e. The lowest BCUT2D eigenvalue weighted by atomic mass is 10.1. The fourth-order valence-electron chi connectivity index (χ4n) is 2.25. The first-order valence-electron chi connectivity index (χ1n) is 5.83. The smallest absolute Gasteiger partial charge is 0.123 e. The summed E-state index contributed by atoms with van der Waals surface area (Å²) in [6, 6.07) is 5.66. The van der Waals surface area contributed by atoms with Crippen LogP contribution in [0.5, 0.6) is 0 Å². The summed E-state index contributed by atoms with van der Waals surface area (Å²) >= 11 is 0. The summed E-state index contributed by atoms with van der Waals surface area (Å²) in [5.74, 6) is -0.147. The van der Waals surface area contributed by atoms with Crippen molar-refractivity contribution in [1.29, 1.82) is 0 Å². The standard InChI is InChI=1S/C13H19FN2/c1-10-7-12(14)4-3-11(10)9-16(2)13-5-6-15-8-13/h3-4,7,13,15H,5-6,8-9H2,1-2H3. The average Bonchev–Trinajstić information content (AvgIpc) is 2.75. The Kier molecular flexibility index (Phi) is 3.56. The van der Waals surface area contributed by atoms with Gasteiger partial charge in [0.15, 0.2) is 0 Å². The predicted molar refractivity (Wildman–Crippen MR) is 63.9 cm³/mol. The molecule has 1 fully saturated rings. The number of hydrogen-bond donors (Lipinski definition) is 1. The first-order chi connectivity index (χ1) is 7.66. The van der Waals surface area contributed by atoms with Gasteiger partial charge in [-0.2, -0.15) is 0 Å². The predicted octanol–water partition coefficient (Wildman–Crippen LogP) is 1.93. The monoisotopic (exact) mass is 222 g/mol. The summed E-state index contributed by atoms with van der Waals surface area (Å²) in [6.45, 7) is 5.05. The lowest BCUT2D eigenvalue weighted by Gasteiger charge is -2.24. The molecular weight excluding hydrogens is 203 g/mol. The lowest BCUT2D eigenvalue weighted by molar-refractivity contribution is 0.248. The zero-order chi connectivity index (χ0) is 11.5. The zero-order valence-electron chi connectivity index (χ0n) is 9.96. The second-order valence-electron chi connectivity index (χ2n) is 4.63. The maximum atomic E-state index is 13.0. The Bertz CT molecular complexity index is 359. The van der Waals surface area contributed by atoms with Gasteiger partial charge in [0, 0.05) is 19.1 Å². The fourth-order valence-corrected chi connectivity index (χ4v) is 2.25. The number of aryl methyl sites for hydroxylation is 1. The molecule has 0 saturated carbocycles. The Hall–Kier alpha value is -0.930. The van der Waals surface area contributed by atoms with Gasteiger partial charge in [-0.05, 0) is 50.2 Å². The summed E-state index contributed by atoms with van der Waals surface area (Å²) in [5.41, 5.74) is 2.26. The minimum absolute atomic E-state index is 0.147. The van der Waals surface area contributed by atoms with Crippen molar-refractivity contribution in [2.24, 2.45) is 0 Å². The maximum absolute atomic E-state index is 13.0. The number of benzene rings is 1. The van der Waals surface area contributed by atoms with E-state index < -0.39 is 0 Å². The van der Waals surface area contributed by atoms with Crippen LogP contribution < -0.4 is 5.32 Å². The molecule has 1 N–H and O–H groups in total. The van der Waals surface area contributed by atoms with Crippen LogP contribution in [0.2, 0.25) is 0 Å². The molecule has 1 aromatic carbocycles. The van der Waals surface area contributed by atoms with Gasteiger partial charge in [0.2, 0.25) is 0 Å². The van der Waals surface area contributed by atoms with Gasteiger partial charge in [-0.15, -0.1) is 0 Å². The number of nitrogens with zero attached hydrogens (tertiary/aromatic N) is 1. The van der Waals surface area contributed by atoms with Gasteiger partial charge in [0.05, 0.1) is 0 Å². The fraction of sp³-hybridized carbons (Fsp3) is 0.538. The summed E-state index contributed by atoms with van der Waals surface area (Å²) < 4.78 is 13.0. The second kappa shape index (κ2) is 4.93. The molecule has 1 unspecified atom stereocenters. The van der Waals surface area contributed by atoms with Crippen molar-refractivity contribution < 1.29 is 4.39 Å². The van der Waals surface area contributed by atoms with E-state index in [0.29, 0.717) is 6.04 Å². The molecule has 0 bridgehead atoms. The first kappa shape index (κ1) is 11.6. The van der Waals surface area contributed by atoms with Crippen LogP contribution in [0.1, 0.15) is 17.5 Å². The molecule has 1 aliphatic rings. The van der Waals surface area contributed by atoms with Gasteiger partial charge >= 0.3 is 0 Å². The van der Waals surface area contributed by atoms with Gasteiger partial charge in [0.1, 0.15) is 5.82 Å². The number of nitrogens with one attached hydrogen (secondary N) is 1. The molecule has 1 saturated heterocycles. The van der Waals surface area contributed by atoms with Crippen molar-refractivity contribution in [3.05, 3.63) is 35.1 Å². The molecule has 0 amide bonds. The first-order valence-corrected chi connectivity index (χ1v) is 5.83. The molecule has 1 atom stereocenters. The van der Waals surface area contributed by atoms with E-state index in [0.717, 1.165) is 25.2 Å². The van der Waals surface area contributed by atoms with Crippen molar-refractivity contribution >= 4 is 0 Å². The van der Waals surface area contributed by atoms with Gasteiger partial charge in [-0.3, -0.25) is 4.90 Å². The van der Waals surface area contributed by atoms with Crippen LogP contribution in [0.15, 0.2) is 18.2 Å². The molecular formula is C13H19FN2. The Morgan fingerprint density at radius 3 is 2.94 bits per heavy atom. The SMILES string of the molecule is Cc1cc(F)ccc1CN(C)C1CCNC1. The minimum atomic E-state index is -0.147. The van der Waals surface area contributed by atoms with Crippen molar-refractivity contribution in [2.75, 3.05) is 20.1 Å². The van der Waals surface area contributed by atoms with Crippen LogP contribution in [0.25, 0.3) is 0 Å². The zero-order valence-corrected chi connectivity index (χ0v) is 9.96. The van der Waals surface area contributed by atoms with Crippen molar-refractivity contribution in [2.45, 2.75) is 25.9 Å². The van der Waals surface area contributed by atoms with Crippen LogP contribution >= 0.6 is 0 Å². The van der Waals surface area contributed by atoms with E-state index in [1.165, 1.54) is 12.0 Å². The quantitative estimate of drug-likeness (QED) is 0.840. The molecule has 3 heteroatoms.